The average molecular weight is 668 g/mol. The number of aromatic nitrogens is 1. The number of benzene rings is 1. The predicted molar refractivity (Wildman–Crippen MR) is 171 cm³/mol. The van der Waals surface area contributed by atoms with Gasteiger partial charge in [-0.25, -0.2) is 14.4 Å². The summed E-state index contributed by atoms with van der Waals surface area (Å²) in [5.74, 6) is -3.19. The summed E-state index contributed by atoms with van der Waals surface area (Å²) in [6.07, 6.45) is 3.20. The minimum atomic E-state index is -1.01. The van der Waals surface area contributed by atoms with Crippen LogP contribution in [0.15, 0.2) is 66.4 Å². The number of aliphatic hydroxyl groups is 1. The summed E-state index contributed by atoms with van der Waals surface area (Å²) in [7, 11) is 1.45. The Kier molecular flexibility index (Phi) is 9.41. The number of nitrogens with one attached hydrogen (secondary N) is 1. The van der Waals surface area contributed by atoms with E-state index in [0.29, 0.717) is 11.3 Å². The molecule has 2 fully saturated rings. The second-order valence-electron chi connectivity index (χ2n) is 13.3. The highest BCUT2D eigenvalue weighted by atomic mass is 35.5. The maximum Gasteiger partial charge on any atom is 0.355 e. The molecule has 6 rings (SSSR count). The van der Waals surface area contributed by atoms with Gasteiger partial charge in [0.1, 0.15) is 35.7 Å². The summed E-state index contributed by atoms with van der Waals surface area (Å²) in [4.78, 5) is 42.7. The molecule has 4 aliphatic rings. The zero-order valence-corrected chi connectivity index (χ0v) is 27.9. The lowest BCUT2D eigenvalue weighted by molar-refractivity contribution is -0.172. The Morgan fingerprint density at radius 3 is 2.66 bits per heavy atom. The Hall–Kier alpha value is -3.44. The van der Waals surface area contributed by atoms with Gasteiger partial charge in [0.25, 0.3) is 0 Å². The number of alkyl halides is 1. The molecule has 1 spiro atoms. The van der Waals surface area contributed by atoms with Crippen LogP contribution in [0, 0.1) is 29.6 Å². The highest BCUT2D eigenvalue weighted by molar-refractivity contribution is 6.17. The van der Waals surface area contributed by atoms with Gasteiger partial charge in [-0.15, -0.1) is 11.6 Å². The van der Waals surface area contributed by atoms with E-state index in [-0.39, 0.29) is 30.1 Å². The van der Waals surface area contributed by atoms with Crippen LogP contribution in [0.1, 0.15) is 60.5 Å². The van der Waals surface area contributed by atoms with Crippen LogP contribution in [-0.2, 0) is 34.4 Å². The van der Waals surface area contributed by atoms with Crippen LogP contribution >= 0.6 is 11.6 Å². The molecule has 1 saturated carbocycles. The number of ether oxygens (including phenoxy) is 5. The van der Waals surface area contributed by atoms with Crippen molar-refractivity contribution in [1.29, 1.82) is 0 Å². The molecule has 1 aromatic carbocycles. The summed E-state index contributed by atoms with van der Waals surface area (Å²) in [5, 5.41) is 11.9. The molecule has 1 saturated heterocycles. The molecule has 2 aliphatic carbocycles. The summed E-state index contributed by atoms with van der Waals surface area (Å²) >= 11 is 5.96. The molecule has 47 heavy (non-hydrogen) atoms. The molecule has 1 aromatic heterocycles. The molecular weight excluding hydrogens is 626 g/mol. The molecule has 10 nitrogen and oxygen atoms in total. The molecule has 0 amide bonds. The van der Waals surface area contributed by atoms with Gasteiger partial charge in [0.05, 0.1) is 11.7 Å². The Morgan fingerprint density at radius 2 is 1.96 bits per heavy atom. The number of halogens is 1. The maximum atomic E-state index is 13.7. The van der Waals surface area contributed by atoms with E-state index in [2.05, 4.69) is 4.98 Å². The van der Waals surface area contributed by atoms with Gasteiger partial charge in [-0.2, -0.15) is 0 Å². The average Bonchev–Trinajstić information content (AvgIpc) is 3.67. The SMILES string of the molecule is CO[C@H]1CC2C=C[C@H]3[C@H]4O[C@]2(/C(C)=C/[C@@H](C)[C@@H]([C@@H](C)OC(=O)c2cccc(CCl)c2)OC1=O)[C@@H]3[C@H](O)[C@@H](C)[C@H]4OC(=O)c1ccc[nH]1. The van der Waals surface area contributed by atoms with Crippen molar-refractivity contribution in [2.45, 2.75) is 82.2 Å². The van der Waals surface area contributed by atoms with Gasteiger partial charge >= 0.3 is 17.9 Å². The number of carbonyl (C=O) groups excluding carboxylic acids is 3. The fourth-order valence-electron chi connectivity index (χ4n) is 8.22. The molecule has 4 bridgehead atoms. The van der Waals surface area contributed by atoms with E-state index in [0.717, 1.165) is 11.1 Å². The monoisotopic (exact) mass is 667 g/mol. The van der Waals surface area contributed by atoms with Crippen molar-refractivity contribution in [2.75, 3.05) is 7.11 Å². The van der Waals surface area contributed by atoms with Gasteiger partial charge in [0, 0.05) is 48.8 Å². The molecule has 1 unspecified atom stereocenters. The van der Waals surface area contributed by atoms with Crippen molar-refractivity contribution < 1.29 is 43.2 Å². The topological polar surface area (TPSA) is 133 Å². The van der Waals surface area contributed by atoms with E-state index in [1.165, 1.54) is 7.11 Å². The lowest BCUT2D eigenvalue weighted by atomic mass is 9.57. The Balaban J connectivity index is 1.34. The van der Waals surface area contributed by atoms with E-state index >= 15 is 0 Å². The molecule has 3 heterocycles. The van der Waals surface area contributed by atoms with Crippen LogP contribution in [0.3, 0.4) is 0 Å². The number of cyclic esters (lactones) is 1. The largest absolute Gasteiger partial charge is 0.456 e. The minimum Gasteiger partial charge on any atom is -0.456 e. The molecule has 2 aliphatic heterocycles. The number of aromatic amines is 1. The third-order valence-corrected chi connectivity index (χ3v) is 10.8. The zero-order chi connectivity index (χ0) is 33.6. The third kappa shape index (κ3) is 5.83. The van der Waals surface area contributed by atoms with Crippen molar-refractivity contribution in [2.24, 2.45) is 29.6 Å². The Labute approximate surface area is 279 Å². The van der Waals surface area contributed by atoms with Crippen molar-refractivity contribution in [3.8, 4) is 0 Å². The summed E-state index contributed by atoms with van der Waals surface area (Å²) < 4.78 is 30.7. The third-order valence-electron chi connectivity index (χ3n) is 10.5. The summed E-state index contributed by atoms with van der Waals surface area (Å²) in [6.45, 7) is 7.44. The Morgan fingerprint density at radius 1 is 1.17 bits per heavy atom. The molecule has 11 heteroatoms. The highest BCUT2D eigenvalue weighted by Gasteiger charge is 2.69. The first-order valence-electron chi connectivity index (χ1n) is 16.2. The first-order chi connectivity index (χ1) is 22.5. The van der Waals surface area contributed by atoms with Gasteiger partial charge in [-0.3, -0.25) is 0 Å². The number of aliphatic hydroxyl groups excluding tert-OH is 1. The number of rotatable bonds is 7. The van der Waals surface area contributed by atoms with E-state index in [9.17, 15) is 19.5 Å². The number of esters is 3. The van der Waals surface area contributed by atoms with Crippen LogP contribution in [0.4, 0.5) is 0 Å². The second kappa shape index (κ2) is 13.2. The van der Waals surface area contributed by atoms with E-state index in [4.69, 9.17) is 35.3 Å². The fraction of sp³-hybridized carbons (Fsp3) is 0.528. The lowest BCUT2D eigenvalue weighted by Gasteiger charge is -2.48. The first kappa shape index (κ1) is 33.5. The molecule has 12 atom stereocenters. The van der Waals surface area contributed by atoms with Gasteiger partial charge < -0.3 is 33.8 Å². The van der Waals surface area contributed by atoms with Gasteiger partial charge in [0.2, 0.25) is 0 Å². The van der Waals surface area contributed by atoms with E-state index in [1.54, 1.807) is 43.5 Å². The number of hydrogen-bond acceptors (Lipinski definition) is 9. The van der Waals surface area contributed by atoms with Crippen molar-refractivity contribution in [3.63, 3.8) is 0 Å². The quantitative estimate of drug-likeness (QED) is 0.181. The van der Waals surface area contributed by atoms with Gasteiger partial charge in [0.15, 0.2) is 6.10 Å². The van der Waals surface area contributed by atoms with Gasteiger partial charge in [-0.05, 0) is 55.7 Å². The van der Waals surface area contributed by atoms with Crippen LogP contribution in [-0.4, -0.2) is 77.3 Å². The number of H-pyrrole nitrogens is 1. The molecule has 2 N–H and O–H groups in total. The van der Waals surface area contributed by atoms with Crippen LogP contribution in [0.25, 0.3) is 0 Å². The molecule has 2 aromatic rings. The number of hydrogen-bond donors (Lipinski definition) is 2. The molecule has 252 valence electrons. The predicted octanol–water partition coefficient (Wildman–Crippen LogP) is 5.00. The number of methoxy groups -OCH3 is 1. The summed E-state index contributed by atoms with van der Waals surface area (Å²) in [5.41, 5.74) is 1.28. The second-order valence-corrected chi connectivity index (χ2v) is 13.6. The van der Waals surface area contributed by atoms with Crippen LogP contribution in [0.5, 0.6) is 0 Å². The van der Waals surface area contributed by atoms with E-state index < -0.39 is 72.0 Å². The smallest absolute Gasteiger partial charge is 0.355 e. The first-order valence-corrected chi connectivity index (χ1v) is 16.7. The summed E-state index contributed by atoms with van der Waals surface area (Å²) in [6, 6.07) is 10.2. The van der Waals surface area contributed by atoms with Crippen molar-refractivity contribution >= 4 is 29.5 Å². The van der Waals surface area contributed by atoms with E-state index in [1.807, 2.05) is 45.1 Å². The fourth-order valence-corrected chi connectivity index (χ4v) is 8.38. The van der Waals surface area contributed by atoms with Crippen molar-refractivity contribution in [3.05, 3.63) is 83.2 Å². The van der Waals surface area contributed by atoms with Crippen molar-refractivity contribution in [1.82, 2.24) is 4.98 Å². The van der Waals surface area contributed by atoms with Gasteiger partial charge in [-0.1, -0.05) is 44.2 Å². The number of carbonyl (C=O) groups is 3. The molecular formula is C36H42ClNO9. The standard InChI is InChI=1S/C36H42ClNO9/c1-18-14-19(2)36-24(11-12-25-28(36)29(39)20(3)31(32(25)47-36)46-34(41)26-10-7-13-38-26)16-27(43-5)35(42)45-30(18)21(4)44-33(40)23-9-6-8-22(15-23)17-37/h6-15,18,20-21,24-25,27-32,38-39H,16-17H2,1-5H3/b19-14+/t18-,20-,21-,24?,25-,27+,28+,29-,30+,31-,32-,36+/m1/s1. The normalized spacial score (nSPS) is 37.9. The zero-order valence-electron chi connectivity index (χ0n) is 27.1. The Bertz CT molecular complexity index is 1550. The minimum absolute atomic E-state index is 0.224. The van der Waals surface area contributed by atoms with Crippen LogP contribution < -0.4 is 0 Å². The lowest BCUT2D eigenvalue weighted by Crippen LogP contribution is -2.57. The van der Waals surface area contributed by atoms with Crippen LogP contribution in [0.2, 0.25) is 0 Å². The maximum absolute atomic E-state index is 13.7. The highest BCUT2D eigenvalue weighted by Crippen LogP contribution is 2.61. The molecule has 0 radical (unpaired) electrons.